The zero-order valence-corrected chi connectivity index (χ0v) is 10.8. The summed E-state index contributed by atoms with van der Waals surface area (Å²) in [6.45, 7) is 6.99. The van der Waals surface area contributed by atoms with Crippen molar-refractivity contribution in [2.75, 3.05) is 6.61 Å². The molecule has 0 aliphatic heterocycles. The van der Waals surface area contributed by atoms with E-state index in [2.05, 4.69) is 6.92 Å². The van der Waals surface area contributed by atoms with Crippen LogP contribution in [0.15, 0.2) is 12.1 Å². The van der Waals surface area contributed by atoms with E-state index in [0.717, 1.165) is 35.7 Å². The molecule has 0 N–H and O–H groups in total. The Morgan fingerprint density at radius 1 is 1.35 bits per heavy atom. The van der Waals surface area contributed by atoms with Gasteiger partial charge in [0.1, 0.15) is 5.75 Å². The first-order valence-corrected chi connectivity index (χ1v) is 6.29. The number of aryl methyl sites for hydroxylation is 2. The molecule has 1 aromatic rings. The summed E-state index contributed by atoms with van der Waals surface area (Å²) >= 11 is 0. The molecule has 2 rings (SSSR count). The molecule has 0 spiro atoms. The average molecular weight is 232 g/mol. The zero-order chi connectivity index (χ0) is 12.4. The zero-order valence-electron chi connectivity index (χ0n) is 10.8. The number of hydrogen-bond donors (Lipinski definition) is 0. The normalized spacial score (nSPS) is 23.0. The number of carbonyl (C=O) groups excluding carboxylic acids is 1. The molecule has 0 radical (unpaired) electrons. The van der Waals surface area contributed by atoms with Gasteiger partial charge >= 0.3 is 0 Å². The van der Waals surface area contributed by atoms with Gasteiger partial charge in [-0.15, -0.1) is 0 Å². The summed E-state index contributed by atoms with van der Waals surface area (Å²) in [5.41, 5.74) is 2.84. The topological polar surface area (TPSA) is 26.3 Å². The highest BCUT2D eigenvalue weighted by atomic mass is 16.5. The molecule has 0 bridgehead atoms. The first-order valence-electron chi connectivity index (χ1n) is 6.29. The molecule has 1 fully saturated rings. The Kier molecular flexibility index (Phi) is 3.51. The summed E-state index contributed by atoms with van der Waals surface area (Å²) in [6, 6.07) is 3.97. The number of aldehydes is 1. The van der Waals surface area contributed by atoms with Crippen molar-refractivity contribution in [2.45, 2.75) is 33.6 Å². The maximum absolute atomic E-state index is 11.1. The van der Waals surface area contributed by atoms with Crippen molar-refractivity contribution in [1.29, 1.82) is 0 Å². The van der Waals surface area contributed by atoms with Crippen LogP contribution in [0.25, 0.3) is 0 Å². The van der Waals surface area contributed by atoms with Crippen molar-refractivity contribution in [3.05, 3.63) is 28.8 Å². The Hall–Kier alpha value is -1.31. The maximum Gasteiger partial charge on any atom is 0.154 e. The Bertz CT molecular complexity index is 417. The molecule has 0 amide bonds. The number of ether oxygens (including phenoxy) is 1. The lowest BCUT2D eigenvalue weighted by Gasteiger charge is -2.32. The van der Waals surface area contributed by atoms with Crippen LogP contribution in [-0.2, 0) is 0 Å². The van der Waals surface area contributed by atoms with E-state index in [1.165, 1.54) is 12.8 Å². The summed E-state index contributed by atoms with van der Waals surface area (Å²) < 4.78 is 5.81. The Morgan fingerprint density at radius 3 is 2.65 bits per heavy atom. The second-order valence-electron chi connectivity index (χ2n) is 5.37. The molecule has 1 saturated carbocycles. The van der Waals surface area contributed by atoms with Gasteiger partial charge < -0.3 is 4.74 Å². The first-order chi connectivity index (χ1) is 8.10. The van der Waals surface area contributed by atoms with Gasteiger partial charge in [-0.25, -0.2) is 0 Å². The highest BCUT2D eigenvalue weighted by molar-refractivity contribution is 5.81. The van der Waals surface area contributed by atoms with Gasteiger partial charge in [-0.2, -0.15) is 0 Å². The summed E-state index contributed by atoms with van der Waals surface area (Å²) in [6.07, 6.45) is 3.40. The van der Waals surface area contributed by atoms with Crippen LogP contribution in [0.2, 0.25) is 0 Å². The number of hydrogen-bond acceptors (Lipinski definition) is 2. The predicted molar refractivity (Wildman–Crippen MR) is 68.7 cm³/mol. The van der Waals surface area contributed by atoms with Crippen molar-refractivity contribution < 1.29 is 9.53 Å². The molecule has 0 aromatic heterocycles. The van der Waals surface area contributed by atoms with Gasteiger partial charge in [-0.3, -0.25) is 4.79 Å². The van der Waals surface area contributed by atoms with E-state index in [4.69, 9.17) is 4.74 Å². The van der Waals surface area contributed by atoms with Crippen LogP contribution in [0.3, 0.4) is 0 Å². The average Bonchev–Trinajstić information content (AvgIpc) is 2.22. The summed E-state index contributed by atoms with van der Waals surface area (Å²) in [5.74, 6) is 2.26. The van der Waals surface area contributed by atoms with Crippen molar-refractivity contribution in [3.63, 3.8) is 0 Å². The summed E-state index contributed by atoms with van der Waals surface area (Å²) in [4.78, 5) is 11.1. The highest BCUT2D eigenvalue weighted by Gasteiger charge is 2.26. The van der Waals surface area contributed by atoms with Crippen LogP contribution in [0.1, 0.15) is 41.3 Å². The third-order valence-corrected chi connectivity index (χ3v) is 3.56. The van der Waals surface area contributed by atoms with E-state index >= 15 is 0 Å². The van der Waals surface area contributed by atoms with Crippen LogP contribution in [0.4, 0.5) is 0 Å². The molecule has 1 aliphatic carbocycles. The minimum atomic E-state index is 0.672. The molecule has 92 valence electrons. The molecule has 1 aliphatic rings. The maximum atomic E-state index is 11.1. The molecule has 1 aromatic carbocycles. The van der Waals surface area contributed by atoms with E-state index in [1.54, 1.807) is 0 Å². The van der Waals surface area contributed by atoms with Gasteiger partial charge in [0.05, 0.1) is 12.2 Å². The molecule has 0 atom stereocenters. The highest BCUT2D eigenvalue weighted by Crippen LogP contribution is 2.34. The van der Waals surface area contributed by atoms with Crippen molar-refractivity contribution >= 4 is 6.29 Å². The van der Waals surface area contributed by atoms with Crippen molar-refractivity contribution in [2.24, 2.45) is 11.8 Å². The first kappa shape index (κ1) is 12.2. The summed E-state index contributed by atoms with van der Waals surface area (Å²) in [5, 5.41) is 0. The van der Waals surface area contributed by atoms with E-state index in [9.17, 15) is 4.79 Å². The van der Waals surface area contributed by atoms with Gasteiger partial charge in [0, 0.05) is 0 Å². The van der Waals surface area contributed by atoms with Gasteiger partial charge in [0.15, 0.2) is 6.29 Å². The molecule has 17 heavy (non-hydrogen) atoms. The van der Waals surface area contributed by atoms with Gasteiger partial charge in [-0.05, 0) is 55.7 Å². The lowest BCUT2D eigenvalue weighted by Crippen LogP contribution is -2.26. The van der Waals surface area contributed by atoms with E-state index in [-0.39, 0.29) is 0 Å². The molecule has 2 heteroatoms. The number of carbonyl (C=O) groups is 1. The second-order valence-corrected chi connectivity index (χ2v) is 5.37. The molecular weight excluding hydrogens is 212 g/mol. The van der Waals surface area contributed by atoms with Crippen molar-refractivity contribution in [3.8, 4) is 5.75 Å². The fourth-order valence-electron chi connectivity index (χ4n) is 2.62. The number of benzene rings is 1. The van der Waals surface area contributed by atoms with E-state index < -0.39 is 0 Å². The quantitative estimate of drug-likeness (QED) is 0.742. The van der Waals surface area contributed by atoms with Gasteiger partial charge in [0.25, 0.3) is 0 Å². The van der Waals surface area contributed by atoms with Crippen LogP contribution < -0.4 is 4.74 Å². The minimum absolute atomic E-state index is 0.672. The fourth-order valence-corrected chi connectivity index (χ4v) is 2.62. The third kappa shape index (κ3) is 2.68. The Balaban J connectivity index is 2.06. The van der Waals surface area contributed by atoms with Crippen LogP contribution in [0, 0.1) is 25.7 Å². The Labute approximate surface area is 103 Å². The molecule has 0 unspecified atom stereocenters. The standard InChI is InChI=1S/C15H20O2/c1-10-4-12(3)14(8-16)15(7-10)17-9-13-5-11(2)6-13/h4,7-8,11,13H,5-6,9H2,1-3H3. The molecular formula is C15H20O2. The largest absolute Gasteiger partial charge is 0.493 e. The molecule has 2 nitrogen and oxygen atoms in total. The predicted octanol–water partition coefficient (Wildman–Crippen LogP) is 3.54. The van der Waals surface area contributed by atoms with Crippen molar-refractivity contribution in [1.82, 2.24) is 0 Å². The molecule has 0 saturated heterocycles. The summed E-state index contributed by atoms with van der Waals surface area (Å²) in [7, 11) is 0. The molecule has 0 heterocycles. The van der Waals surface area contributed by atoms with Gasteiger partial charge in [0.2, 0.25) is 0 Å². The minimum Gasteiger partial charge on any atom is -0.493 e. The third-order valence-electron chi connectivity index (χ3n) is 3.56. The van der Waals surface area contributed by atoms with Gasteiger partial charge in [-0.1, -0.05) is 13.0 Å². The van der Waals surface area contributed by atoms with Crippen LogP contribution >= 0.6 is 0 Å². The fraction of sp³-hybridized carbons (Fsp3) is 0.533. The van der Waals surface area contributed by atoms with Crippen LogP contribution in [0.5, 0.6) is 5.75 Å². The lowest BCUT2D eigenvalue weighted by atomic mass is 9.77. The van der Waals surface area contributed by atoms with E-state index in [1.807, 2.05) is 26.0 Å². The monoisotopic (exact) mass is 232 g/mol. The Morgan fingerprint density at radius 2 is 2.06 bits per heavy atom. The van der Waals surface area contributed by atoms with Crippen LogP contribution in [-0.4, -0.2) is 12.9 Å². The van der Waals surface area contributed by atoms with E-state index in [0.29, 0.717) is 11.5 Å². The lowest BCUT2D eigenvalue weighted by molar-refractivity contribution is 0.110. The second kappa shape index (κ2) is 4.91. The SMILES string of the molecule is Cc1cc(C)c(C=O)c(OCC2CC(C)C2)c1. The smallest absolute Gasteiger partial charge is 0.154 e. The number of rotatable bonds is 4.